The van der Waals surface area contributed by atoms with Gasteiger partial charge in [0.1, 0.15) is 5.82 Å². The van der Waals surface area contributed by atoms with Crippen LogP contribution in [0.1, 0.15) is 11.1 Å². The van der Waals surface area contributed by atoms with E-state index in [-0.39, 0.29) is 5.82 Å². The molecule has 0 spiro atoms. The van der Waals surface area contributed by atoms with E-state index in [1.54, 1.807) is 12.1 Å². The van der Waals surface area contributed by atoms with Gasteiger partial charge in [-0.15, -0.1) is 0 Å². The molecule has 0 amide bonds. The molecule has 0 bridgehead atoms. The van der Waals surface area contributed by atoms with Crippen molar-refractivity contribution in [1.82, 2.24) is 10.3 Å². The summed E-state index contributed by atoms with van der Waals surface area (Å²) in [5, 5.41) is 7.17. The van der Waals surface area contributed by atoms with Gasteiger partial charge in [-0.3, -0.25) is 0 Å². The molecular weight excluding hydrogens is 311 g/mol. The van der Waals surface area contributed by atoms with Crippen molar-refractivity contribution in [3.05, 3.63) is 77.6 Å². The highest BCUT2D eigenvalue weighted by molar-refractivity contribution is 6.09. The maximum atomic E-state index is 13.8. The van der Waals surface area contributed by atoms with E-state index in [9.17, 15) is 4.39 Å². The van der Waals surface area contributed by atoms with Crippen LogP contribution in [0.2, 0.25) is 0 Å². The summed E-state index contributed by atoms with van der Waals surface area (Å²) in [6, 6.07) is 19.4. The van der Waals surface area contributed by atoms with Gasteiger partial charge in [0, 0.05) is 17.5 Å². The summed E-state index contributed by atoms with van der Waals surface area (Å²) in [6.45, 7) is 1.73. The molecule has 3 aromatic carbocycles. The number of rotatable bonds is 1. The minimum atomic E-state index is -0.226. The average Bonchev–Trinajstić information content (AvgIpc) is 2.67. The second-order valence-electron chi connectivity index (χ2n) is 6.54. The molecule has 0 radical (unpaired) electrons. The molecule has 2 nitrogen and oxygen atoms in total. The Kier molecular flexibility index (Phi) is 3.28. The van der Waals surface area contributed by atoms with Crippen LogP contribution in [-0.2, 0) is 13.0 Å². The quantitative estimate of drug-likeness (QED) is 0.506. The molecule has 25 heavy (non-hydrogen) atoms. The monoisotopic (exact) mass is 328 g/mol. The fourth-order valence-electron chi connectivity index (χ4n) is 3.92. The van der Waals surface area contributed by atoms with Crippen molar-refractivity contribution in [2.75, 3.05) is 6.54 Å². The number of fused-ring (bicyclic) bond motifs is 5. The largest absolute Gasteiger partial charge is 0.312 e. The van der Waals surface area contributed by atoms with E-state index in [0.717, 1.165) is 36.3 Å². The van der Waals surface area contributed by atoms with Crippen molar-refractivity contribution >= 4 is 21.7 Å². The molecule has 4 aromatic rings. The molecule has 0 unspecified atom stereocenters. The molecule has 0 fully saturated rings. The lowest BCUT2D eigenvalue weighted by molar-refractivity contribution is 0.627. The van der Waals surface area contributed by atoms with Crippen LogP contribution in [0.5, 0.6) is 0 Å². The first kappa shape index (κ1) is 14.6. The molecule has 2 heterocycles. The minimum Gasteiger partial charge on any atom is -0.312 e. The number of hydrogen-bond donors (Lipinski definition) is 1. The van der Waals surface area contributed by atoms with Crippen molar-refractivity contribution < 1.29 is 4.39 Å². The Bertz CT molecular complexity index is 1120. The Hall–Kier alpha value is -2.78. The molecule has 1 N–H and O–H groups in total. The standard InChI is InChI=1S/C22H17FN2/c23-16-6-3-5-15(12-16)22-19-13-24-11-10-18(19)21-17-7-2-1-4-14(17)8-9-20(21)25-22/h1-9,12,24H,10-11,13H2. The first-order valence-electron chi connectivity index (χ1n) is 8.61. The Morgan fingerprint density at radius 1 is 0.920 bits per heavy atom. The Balaban J connectivity index is 1.91. The number of nitrogens with one attached hydrogen (secondary N) is 1. The zero-order valence-electron chi connectivity index (χ0n) is 13.7. The van der Waals surface area contributed by atoms with Gasteiger partial charge < -0.3 is 5.32 Å². The smallest absolute Gasteiger partial charge is 0.123 e. The van der Waals surface area contributed by atoms with E-state index in [0.29, 0.717) is 0 Å². The SMILES string of the molecule is Fc1cccc(-c2nc3ccc4ccccc4c3c3c2CNCC3)c1. The van der Waals surface area contributed by atoms with E-state index in [2.05, 4.69) is 41.7 Å². The summed E-state index contributed by atoms with van der Waals surface area (Å²) in [5.74, 6) is -0.226. The fourth-order valence-corrected chi connectivity index (χ4v) is 3.92. The van der Waals surface area contributed by atoms with Crippen LogP contribution in [0.3, 0.4) is 0 Å². The zero-order valence-corrected chi connectivity index (χ0v) is 13.7. The second-order valence-corrected chi connectivity index (χ2v) is 6.54. The van der Waals surface area contributed by atoms with Gasteiger partial charge in [0.15, 0.2) is 0 Å². The van der Waals surface area contributed by atoms with Crippen molar-refractivity contribution in [1.29, 1.82) is 0 Å². The first-order valence-corrected chi connectivity index (χ1v) is 8.61. The van der Waals surface area contributed by atoms with E-state index in [1.165, 1.54) is 33.4 Å². The molecule has 3 heteroatoms. The predicted molar refractivity (Wildman–Crippen MR) is 100 cm³/mol. The third-order valence-corrected chi connectivity index (χ3v) is 5.04. The van der Waals surface area contributed by atoms with Gasteiger partial charge in [0.25, 0.3) is 0 Å². The summed E-state index contributed by atoms with van der Waals surface area (Å²) >= 11 is 0. The Morgan fingerprint density at radius 2 is 1.84 bits per heavy atom. The molecule has 122 valence electrons. The lowest BCUT2D eigenvalue weighted by Gasteiger charge is -2.23. The second kappa shape index (κ2) is 5.64. The lowest BCUT2D eigenvalue weighted by Crippen LogP contribution is -2.25. The van der Waals surface area contributed by atoms with Crippen LogP contribution in [0.15, 0.2) is 60.7 Å². The maximum absolute atomic E-state index is 13.8. The highest BCUT2D eigenvalue weighted by atomic mass is 19.1. The normalized spacial score (nSPS) is 14.0. The lowest BCUT2D eigenvalue weighted by atomic mass is 9.90. The van der Waals surface area contributed by atoms with Crippen LogP contribution in [0.4, 0.5) is 4.39 Å². The van der Waals surface area contributed by atoms with Gasteiger partial charge in [-0.25, -0.2) is 9.37 Å². The van der Waals surface area contributed by atoms with Gasteiger partial charge in [-0.2, -0.15) is 0 Å². The summed E-state index contributed by atoms with van der Waals surface area (Å²) < 4.78 is 13.8. The van der Waals surface area contributed by atoms with E-state index in [4.69, 9.17) is 4.98 Å². The average molecular weight is 328 g/mol. The third-order valence-electron chi connectivity index (χ3n) is 5.04. The fraction of sp³-hybridized carbons (Fsp3) is 0.136. The van der Waals surface area contributed by atoms with Crippen LogP contribution < -0.4 is 5.32 Å². The van der Waals surface area contributed by atoms with E-state index >= 15 is 0 Å². The molecule has 5 rings (SSSR count). The summed E-state index contributed by atoms with van der Waals surface area (Å²) in [5.41, 5.74) is 5.26. The maximum Gasteiger partial charge on any atom is 0.123 e. The van der Waals surface area contributed by atoms with Crippen LogP contribution in [-0.4, -0.2) is 11.5 Å². The van der Waals surface area contributed by atoms with Crippen molar-refractivity contribution in [2.45, 2.75) is 13.0 Å². The molecule has 0 aliphatic carbocycles. The van der Waals surface area contributed by atoms with Gasteiger partial charge in [-0.05, 0) is 53.1 Å². The summed E-state index contributed by atoms with van der Waals surface area (Å²) in [7, 11) is 0. The van der Waals surface area contributed by atoms with Gasteiger partial charge in [0.05, 0.1) is 11.2 Å². The summed E-state index contributed by atoms with van der Waals surface area (Å²) in [4.78, 5) is 4.94. The topological polar surface area (TPSA) is 24.9 Å². The molecule has 1 aliphatic heterocycles. The zero-order chi connectivity index (χ0) is 16.8. The Morgan fingerprint density at radius 3 is 2.76 bits per heavy atom. The number of halogens is 1. The molecule has 1 aromatic heterocycles. The van der Waals surface area contributed by atoms with Crippen LogP contribution in [0, 0.1) is 5.82 Å². The van der Waals surface area contributed by atoms with Crippen molar-refractivity contribution in [3.63, 3.8) is 0 Å². The number of pyridine rings is 1. The van der Waals surface area contributed by atoms with Crippen molar-refractivity contribution in [2.24, 2.45) is 0 Å². The number of nitrogens with zero attached hydrogens (tertiary/aromatic N) is 1. The van der Waals surface area contributed by atoms with E-state index < -0.39 is 0 Å². The van der Waals surface area contributed by atoms with Gasteiger partial charge in [0.2, 0.25) is 0 Å². The van der Waals surface area contributed by atoms with Gasteiger partial charge >= 0.3 is 0 Å². The van der Waals surface area contributed by atoms with Crippen molar-refractivity contribution in [3.8, 4) is 11.3 Å². The Labute approximate surface area is 145 Å². The number of aromatic nitrogens is 1. The third kappa shape index (κ3) is 2.31. The number of hydrogen-bond acceptors (Lipinski definition) is 2. The molecule has 0 atom stereocenters. The minimum absolute atomic E-state index is 0.226. The highest BCUT2D eigenvalue weighted by Gasteiger charge is 2.20. The number of benzene rings is 3. The highest BCUT2D eigenvalue weighted by Crippen LogP contribution is 2.35. The van der Waals surface area contributed by atoms with Gasteiger partial charge in [-0.1, -0.05) is 42.5 Å². The first-order chi connectivity index (χ1) is 12.3. The molecule has 0 saturated carbocycles. The molecule has 1 aliphatic rings. The predicted octanol–water partition coefficient (Wildman–Crippen LogP) is 4.84. The van der Waals surface area contributed by atoms with Crippen LogP contribution >= 0.6 is 0 Å². The summed E-state index contributed by atoms with van der Waals surface area (Å²) in [6.07, 6.45) is 0.963. The molecular formula is C22H17FN2. The molecule has 0 saturated heterocycles. The van der Waals surface area contributed by atoms with Crippen LogP contribution in [0.25, 0.3) is 32.9 Å². The van der Waals surface area contributed by atoms with E-state index in [1.807, 2.05) is 6.07 Å².